The molecule has 1 aromatic rings. The lowest BCUT2D eigenvalue weighted by Crippen LogP contribution is -2.35. The van der Waals surface area contributed by atoms with Gasteiger partial charge >= 0.3 is 0 Å². The molecule has 0 aliphatic carbocycles. The summed E-state index contributed by atoms with van der Waals surface area (Å²) < 4.78 is 5.39. The molecule has 0 aliphatic rings. The summed E-state index contributed by atoms with van der Waals surface area (Å²) in [6.07, 6.45) is 0.656. The molecule has 0 fully saturated rings. The summed E-state index contributed by atoms with van der Waals surface area (Å²) in [5, 5.41) is 0. The highest BCUT2D eigenvalue weighted by atomic mass is 16.5. The molecule has 0 saturated carbocycles. The molecule has 2 nitrogen and oxygen atoms in total. The Morgan fingerprint density at radius 3 is 2.29 bits per heavy atom. The maximum absolute atomic E-state index is 11.6. The van der Waals surface area contributed by atoms with Crippen LogP contribution in [0.2, 0.25) is 0 Å². The second kappa shape index (κ2) is 4.38. The highest BCUT2D eigenvalue weighted by Gasteiger charge is 2.35. The predicted octanol–water partition coefficient (Wildman–Crippen LogP) is 2.53. The topological polar surface area (TPSA) is 26.3 Å². The van der Waals surface area contributed by atoms with Crippen LogP contribution < -0.4 is 0 Å². The van der Waals surface area contributed by atoms with Crippen LogP contribution in [0.15, 0.2) is 30.3 Å². The Morgan fingerprint density at radius 1 is 1.36 bits per heavy atom. The summed E-state index contributed by atoms with van der Waals surface area (Å²) in [5.74, 6) is 0.0497. The van der Waals surface area contributed by atoms with Crippen molar-refractivity contribution in [2.24, 2.45) is 0 Å². The molecule has 0 saturated heterocycles. The lowest BCUT2D eigenvalue weighted by molar-refractivity contribution is -0.140. The molecule has 0 radical (unpaired) electrons. The summed E-state index contributed by atoms with van der Waals surface area (Å²) >= 11 is 0. The number of hydrogen-bond donors (Lipinski definition) is 0. The Morgan fingerprint density at radius 2 is 1.93 bits per heavy atom. The van der Waals surface area contributed by atoms with Gasteiger partial charge in [0.05, 0.1) is 0 Å². The Balaban J connectivity index is 3.18. The molecular formula is C12H16O2. The van der Waals surface area contributed by atoms with Crippen molar-refractivity contribution in [2.45, 2.75) is 25.9 Å². The number of hydrogen-bond acceptors (Lipinski definition) is 2. The van der Waals surface area contributed by atoms with E-state index in [-0.39, 0.29) is 5.78 Å². The number of ether oxygens (including phenoxy) is 1. The second-order valence-corrected chi connectivity index (χ2v) is 3.31. The average Bonchev–Trinajstić information content (AvgIpc) is 2.22. The summed E-state index contributed by atoms with van der Waals surface area (Å²) in [6, 6.07) is 9.62. The van der Waals surface area contributed by atoms with Crippen LogP contribution in [0.25, 0.3) is 0 Å². The zero-order chi connectivity index (χ0) is 10.6. The van der Waals surface area contributed by atoms with E-state index in [0.717, 1.165) is 5.56 Å². The second-order valence-electron chi connectivity index (χ2n) is 3.31. The largest absolute Gasteiger partial charge is 0.366 e. The van der Waals surface area contributed by atoms with Crippen molar-refractivity contribution in [3.63, 3.8) is 0 Å². The van der Waals surface area contributed by atoms with Gasteiger partial charge in [0, 0.05) is 7.11 Å². The van der Waals surface area contributed by atoms with Gasteiger partial charge in [-0.1, -0.05) is 37.3 Å². The van der Waals surface area contributed by atoms with Gasteiger partial charge < -0.3 is 4.74 Å². The number of rotatable bonds is 4. The van der Waals surface area contributed by atoms with E-state index in [9.17, 15) is 4.79 Å². The molecule has 14 heavy (non-hydrogen) atoms. The first kappa shape index (κ1) is 10.9. The van der Waals surface area contributed by atoms with E-state index in [1.165, 1.54) is 0 Å². The number of benzene rings is 1. The highest BCUT2D eigenvalue weighted by Crippen LogP contribution is 2.29. The van der Waals surface area contributed by atoms with E-state index >= 15 is 0 Å². The van der Waals surface area contributed by atoms with Crippen molar-refractivity contribution in [1.82, 2.24) is 0 Å². The quantitative estimate of drug-likeness (QED) is 0.732. The third-order valence-electron chi connectivity index (χ3n) is 2.66. The first-order valence-corrected chi connectivity index (χ1v) is 4.79. The summed E-state index contributed by atoms with van der Waals surface area (Å²) in [5.41, 5.74) is 0.166. The zero-order valence-corrected chi connectivity index (χ0v) is 8.91. The van der Waals surface area contributed by atoms with Crippen molar-refractivity contribution < 1.29 is 9.53 Å². The summed E-state index contributed by atoms with van der Waals surface area (Å²) in [4.78, 5) is 11.6. The minimum atomic E-state index is -0.763. The summed E-state index contributed by atoms with van der Waals surface area (Å²) in [7, 11) is 1.58. The Bertz CT molecular complexity index is 299. The molecule has 2 heteroatoms. The molecule has 0 aromatic heterocycles. The third kappa shape index (κ3) is 1.70. The highest BCUT2D eigenvalue weighted by molar-refractivity contribution is 5.86. The smallest absolute Gasteiger partial charge is 0.166 e. The molecule has 1 aromatic carbocycles. The molecular weight excluding hydrogens is 176 g/mol. The zero-order valence-electron chi connectivity index (χ0n) is 8.91. The minimum absolute atomic E-state index is 0.0497. The monoisotopic (exact) mass is 192 g/mol. The van der Waals surface area contributed by atoms with E-state index < -0.39 is 5.60 Å². The molecule has 76 valence electrons. The van der Waals surface area contributed by atoms with Gasteiger partial charge in [0.15, 0.2) is 11.4 Å². The lowest BCUT2D eigenvalue weighted by Gasteiger charge is -2.28. The van der Waals surface area contributed by atoms with Crippen molar-refractivity contribution >= 4 is 5.78 Å². The van der Waals surface area contributed by atoms with Gasteiger partial charge in [-0.2, -0.15) is 0 Å². The minimum Gasteiger partial charge on any atom is -0.366 e. The SMILES string of the molecule is CCC(OC)(C(C)=O)c1ccccc1. The maximum Gasteiger partial charge on any atom is 0.166 e. The number of carbonyl (C=O) groups is 1. The van der Waals surface area contributed by atoms with Crippen LogP contribution in [0.3, 0.4) is 0 Å². The number of ketones is 1. The van der Waals surface area contributed by atoms with Crippen molar-refractivity contribution in [3.05, 3.63) is 35.9 Å². The van der Waals surface area contributed by atoms with Gasteiger partial charge in [-0.25, -0.2) is 0 Å². The maximum atomic E-state index is 11.6. The molecule has 1 rings (SSSR count). The molecule has 0 N–H and O–H groups in total. The first-order chi connectivity index (χ1) is 6.67. The normalized spacial score (nSPS) is 14.8. The van der Waals surface area contributed by atoms with Gasteiger partial charge in [0.25, 0.3) is 0 Å². The number of Topliss-reactive ketones (excluding diaryl/α,β-unsaturated/α-hetero) is 1. The molecule has 0 bridgehead atoms. The fourth-order valence-corrected chi connectivity index (χ4v) is 1.77. The van der Waals surface area contributed by atoms with E-state index in [2.05, 4.69) is 0 Å². The van der Waals surface area contributed by atoms with Gasteiger partial charge in [-0.3, -0.25) is 4.79 Å². The molecule has 0 amide bonds. The van der Waals surface area contributed by atoms with Crippen LogP contribution in [-0.2, 0) is 15.1 Å². The van der Waals surface area contributed by atoms with Crippen LogP contribution in [-0.4, -0.2) is 12.9 Å². The van der Waals surface area contributed by atoms with E-state index in [1.807, 2.05) is 37.3 Å². The van der Waals surface area contributed by atoms with Crippen LogP contribution >= 0.6 is 0 Å². The predicted molar refractivity (Wildman–Crippen MR) is 56.1 cm³/mol. The standard InChI is InChI=1S/C12H16O2/c1-4-12(14-3,10(2)13)11-8-6-5-7-9-11/h5-9H,4H2,1-3H3. The van der Waals surface area contributed by atoms with Crippen molar-refractivity contribution in [1.29, 1.82) is 0 Å². The number of methoxy groups -OCH3 is 1. The Hall–Kier alpha value is -1.15. The van der Waals surface area contributed by atoms with E-state index in [4.69, 9.17) is 4.74 Å². The van der Waals surface area contributed by atoms with Gasteiger partial charge in [-0.15, -0.1) is 0 Å². The Labute approximate surface area is 84.9 Å². The van der Waals surface area contributed by atoms with Gasteiger partial charge in [0.1, 0.15) is 0 Å². The molecule has 0 spiro atoms. The van der Waals surface area contributed by atoms with Crippen LogP contribution in [0.5, 0.6) is 0 Å². The fraction of sp³-hybridized carbons (Fsp3) is 0.417. The van der Waals surface area contributed by atoms with Gasteiger partial charge in [0.2, 0.25) is 0 Å². The molecule has 1 unspecified atom stereocenters. The van der Waals surface area contributed by atoms with Crippen molar-refractivity contribution in [3.8, 4) is 0 Å². The van der Waals surface area contributed by atoms with E-state index in [1.54, 1.807) is 14.0 Å². The Kier molecular flexibility index (Phi) is 3.42. The molecule has 0 heterocycles. The summed E-state index contributed by atoms with van der Waals surface area (Å²) in [6.45, 7) is 3.53. The van der Waals surface area contributed by atoms with E-state index in [0.29, 0.717) is 6.42 Å². The molecule has 1 atom stereocenters. The average molecular weight is 192 g/mol. The van der Waals surface area contributed by atoms with Crippen LogP contribution in [0, 0.1) is 0 Å². The molecule has 0 aliphatic heterocycles. The van der Waals surface area contributed by atoms with Gasteiger partial charge in [-0.05, 0) is 18.9 Å². The van der Waals surface area contributed by atoms with Crippen molar-refractivity contribution in [2.75, 3.05) is 7.11 Å². The van der Waals surface area contributed by atoms with Crippen LogP contribution in [0.1, 0.15) is 25.8 Å². The first-order valence-electron chi connectivity index (χ1n) is 4.79. The third-order valence-corrected chi connectivity index (χ3v) is 2.66. The van der Waals surface area contributed by atoms with Crippen LogP contribution in [0.4, 0.5) is 0 Å². The number of carbonyl (C=O) groups excluding carboxylic acids is 1. The lowest BCUT2D eigenvalue weighted by atomic mass is 9.87. The fourth-order valence-electron chi connectivity index (χ4n) is 1.77.